The quantitative estimate of drug-likeness (QED) is 0.757. The number of piperazine rings is 1. The minimum Gasteiger partial charge on any atom is -0.314 e. The zero-order valence-electron chi connectivity index (χ0n) is 10.7. The van der Waals surface area contributed by atoms with Crippen molar-refractivity contribution in [2.45, 2.75) is 38.6 Å². The topological polar surface area (TPSA) is 18.5 Å². The molecule has 0 saturated carbocycles. The Morgan fingerprint density at radius 3 is 2.50 bits per heavy atom. The van der Waals surface area contributed by atoms with Gasteiger partial charge in [-0.2, -0.15) is 0 Å². The average molecular weight is 225 g/mol. The molecule has 0 bridgehead atoms. The molecule has 2 saturated heterocycles. The van der Waals surface area contributed by atoms with Gasteiger partial charge in [0.2, 0.25) is 0 Å². The monoisotopic (exact) mass is 225 g/mol. The van der Waals surface area contributed by atoms with Crippen LogP contribution in [0.3, 0.4) is 0 Å². The summed E-state index contributed by atoms with van der Waals surface area (Å²) >= 11 is 0. The molecule has 1 atom stereocenters. The summed E-state index contributed by atoms with van der Waals surface area (Å²) in [6.07, 6.45) is 5.56. The molecule has 1 N–H and O–H groups in total. The van der Waals surface area contributed by atoms with E-state index in [1.807, 2.05) is 0 Å². The number of hydrogen-bond acceptors (Lipinski definition) is 3. The van der Waals surface area contributed by atoms with Gasteiger partial charge < -0.3 is 15.1 Å². The molecule has 3 nitrogen and oxygen atoms in total. The van der Waals surface area contributed by atoms with Crippen molar-refractivity contribution in [1.29, 1.82) is 0 Å². The van der Waals surface area contributed by atoms with Crippen LogP contribution in [0, 0.1) is 0 Å². The molecule has 0 radical (unpaired) electrons. The fourth-order valence-electron chi connectivity index (χ4n) is 2.89. The van der Waals surface area contributed by atoms with Crippen molar-refractivity contribution in [2.24, 2.45) is 0 Å². The molecular weight excluding hydrogens is 198 g/mol. The first-order chi connectivity index (χ1) is 7.88. The van der Waals surface area contributed by atoms with Crippen molar-refractivity contribution in [3.05, 3.63) is 0 Å². The van der Waals surface area contributed by atoms with Crippen molar-refractivity contribution in [1.82, 2.24) is 15.1 Å². The Labute approximate surface area is 100 Å². The van der Waals surface area contributed by atoms with Gasteiger partial charge >= 0.3 is 0 Å². The Morgan fingerprint density at radius 2 is 1.88 bits per heavy atom. The molecule has 16 heavy (non-hydrogen) atoms. The van der Waals surface area contributed by atoms with Crippen molar-refractivity contribution >= 4 is 0 Å². The largest absolute Gasteiger partial charge is 0.314 e. The number of likely N-dealkylation sites (N-methyl/N-ethyl adjacent to an activating group) is 1. The van der Waals surface area contributed by atoms with Gasteiger partial charge in [0.25, 0.3) is 0 Å². The Morgan fingerprint density at radius 1 is 1.12 bits per heavy atom. The maximum Gasteiger partial charge on any atom is 0.0110 e. The molecule has 3 heteroatoms. The SMILES string of the molecule is CCN1CCN(CCCC2CCCN2)CC1. The highest BCUT2D eigenvalue weighted by molar-refractivity contribution is 4.76. The van der Waals surface area contributed by atoms with E-state index in [9.17, 15) is 0 Å². The van der Waals surface area contributed by atoms with Crippen LogP contribution in [0.4, 0.5) is 0 Å². The summed E-state index contributed by atoms with van der Waals surface area (Å²) in [6.45, 7) is 11.2. The van der Waals surface area contributed by atoms with Crippen LogP contribution in [0.25, 0.3) is 0 Å². The zero-order chi connectivity index (χ0) is 11.2. The van der Waals surface area contributed by atoms with E-state index in [1.165, 1.54) is 71.5 Å². The van der Waals surface area contributed by atoms with E-state index in [0.717, 1.165) is 6.04 Å². The third kappa shape index (κ3) is 3.72. The molecule has 2 aliphatic heterocycles. The van der Waals surface area contributed by atoms with E-state index in [0.29, 0.717) is 0 Å². The number of rotatable bonds is 5. The highest BCUT2D eigenvalue weighted by Crippen LogP contribution is 2.11. The molecule has 0 aromatic heterocycles. The highest BCUT2D eigenvalue weighted by atomic mass is 15.3. The van der Waals surface area contributed by atoms with Crippen molar-refractivity contribution in [3.63, 3.8) is 0 Å². The molecule has 0 aliphatic carbocycles. The minimum absolute atomic E-state index is 0.830. The Balaban J connectivity index is 1.53. The summed E-state index contributed by atoms with van der Waals surface area (Å²) < 4.78 is 0. The van der Waals surface area contributed by atoms with Crippen LogP contribution in [-0.4, -0.2) is 61.7 Å². The van der Waals surface area contributed by atoms with Crippen LogP contribution >= 0.6 is 0 Å². The smallest absolute Gasteiger partial charge is 0.0110 e. The lowest BCUT2D eigenvalue weighted by Crippen LogP contribution is -2.46. The van der Waals surface area contributed by atoms with Crippen LogP contribution < -0.4 is 5.32 Å². The Kier molecular flexibility index (Phi) is 5.07. The van der Waals surface area contributed by atoms with E-state index < -0.39 is 0 Å². The normalized spacial score (nSPS) is 28.7. The van der Waals surface area contributed by atoms with Gasteiger partial charge in [0, 0.05) is 32.2 Å². The predicted octanol–water partition coefficient (Wildman–Crippen LogP) is 1.16. The maximum absolute atomic E-state index is 3.58. The molecule has 2 rings (SSSR count). The first-order valence-corrected chi connectivity index (χ1v) is 7.06. The second-order valence-electron chi connectivity index (χ2n) is 5.21. The molecule has 0 spiro atoms. The second-order valence-corrected chi connectivity index (χ2v) is 5.21. The Bertz CT molecular complexity index is 182. The molecule has 1 unspecified atom stereocenters. The fraction of sp³-hybridized carbons (Fsp3) is 1.00. The standard InChI is InChI=1S/C13H27N3/c1-2-15-9-11-16(12-10-15)8-4-6-13-5-3-7-14-13/h13-14H,2-12H2,1H3. The molecule has 0 amide bonds. The lowest BCUT2D eigenvalue weighted by Gasteiger charge is -2.34. The lowest BCUT2D eigenvalue weighted by atomic mass is 10.1. The van der Waals surface area contributed by atoms with E-state index in [4.69, 9.17) is 0 Å². The summed E-state index contributed by atoms with van der Waals surface area (Å²) in [5.41, 5.74) is 0. The summed E-state index contributed by atoms with van der Waals surface area (Å²) in [4.78, 5) is 5.19. The average Bonchev–Trinajstić information content (AvgIpc) is 2.83. The van der Waals surface area contributed by atoms with E-state index in [-0.39, 0.29) is 0 Å². The maximum atomic E-state index is 3.58. The molecule has 0 aromatic carbocycles. The van der Waals surface area contributed by atoms with Gasteiger partial charge in [-0.3, -0.25) is 0 Å². The first-order valence-electron chi connectivity index (χ1n) is 7.06. The minimum atomic E-state index is 0.830. The molecule has 94 valence electrons. The zero-order valence-corrected chi connectivity index (χ0v) is 10.7. The van der Waals surface area contributed by atoms with Crippen molar-refractivity contribution in [3.8, 4) is 0 Å². The van der Waals surface area contributed by atoms with Gasteiger partial charge in [0.1, 0.15) is 0 Å². The molecule has 2 aliphatic rings. The lowest BCUT2D eigenvalue weighted by molar-refractivity contribution is 0.135. The van der Waals surface area contributed by atoms with Crippen LogP contribution in [0.5, 0.6) is 0 Å². The van der Waals surface area contributed by atoms with E-state index in [2.05, 4.69) is 22.0 Å². The highest BCUT2D eigenvalue weighted by Gasteiger charge is 2.17. The first kappa shape index (κ1) is 12.3. The molecule has 0 aromatic rings. The summed E-state index contributed by atoms with van der Waals surface area (Å²) in [5.74, 6) is 0. The summed E-state index contributed by atoms with van der Waals surface area (Å²) in [5, 5.41) is 3.58. The van der Waals surface area contributed by atoms with Gasteiger partial charge in [-0.05, 0) is 45.3 Å². The van der Waals surface area contributed by atoms with Crippen molar-refractivity contribution < 1.29 is 0 Å². The third-order valence-electron chi connectivity index (χ3n) is 4.10. The van der Waals surface area contributed by atoms with Gasteiger partial charge in [0.05, 0.1) is 0 Å². The number of nitrogens with one attached hydrogen (secondary N) is 1. The van der Waals surface area contributed by atoms with Gasteiger partial charge in [-0.25, -0.2) is 0 Å². The predicted molar refractivity (Wildman–Crippen MR) is 68.8 cm³/mol. The number of nitrogens with zero attached hydrogens (tertiary/aromatic N) is 2. The summed E-state index contributed by atoms with van der Waals surface area (Å²) in [6, 6.07) is 0.830. The van der Waals surface area contributed by atoms with E-state index >= 15 is 0 Å². The van der Waals surface area contributed by atoms with Crippen LogP contribution in [0.2, 0.25) is 0 Å². The molecule has 2 heterocycles. The fourth-order valence-corrected chi connectivity index (χ4v) is 2.89. The Hall–Kier alpha value is -0.120. The second kappa shape index (κ2) is 6.58. The van der Waals surface area contributed by atoms with Crippen LogP contribution in [0.1, 0.15) is 32.6 Å². The van der Waals surface area contributed by atoms with Crippen LogP contribution in [-0.2, 0) is 0 Å². The van der Waals surface area contributed by atoms with Gasteiger partial charge in [0.15, 0.2) is 0 Å². The molecular formula is C13H27N3. The molecule has 2 fully saturated rings. The number of hydrogen-bond donors (Lipinski definition) is 1. The van der Waals surface area contributed by atoms with Crippen LogP contribution in [0.15, 0.2) is 0 Å². The summed E-state index contributed by atoms with van der Waals surface area (Å²) in [7, 11) is 0. The van der Waals surface area contributed by atoms with E-state index in [1.54, 1.807) is 0 Å². The third-order valence-corrected chi connectivity index (χ3v) is 4.10. The van der Waals surface area contributed by atoms with Crippen molar-refractivity contribution in [2.75, 3.05) is 45.8 Å². The van der Waals surface area contributed by atoms with Gasteiger partial charge in [-0.1, -0.05) is 6.92 Å². The van der Waals surface area contributed by atoms with Gasteiger partial charge in [-0.15, -0.1) is 0 Å².